The molecule has 0 spiro atoms. The van der Waals surface area contributed by atoms with Crippen LogP contribution < -0.4 is 5.17 Å². The van der Waals surface area contributed by atoms with Crippen molar-refractivity contribution in [3.05, 3.63) is 29.3 Å². The number of nitriles is 1. The highest BCUT2D eigenvalue weighted by atomic mass is 16.5. The molecule has 3 atom stereocenters. The number of fused-ring (bicyclic) bond motifs is 4. The van der Waals surface area contributed by atoms with E-state index in [1.54, 1.807) is 23.2 Å². The zero-order valence-electron chi connectivity index (χ0n) is 13.2. The fourth-order valence-electron chi connectivity index (χ4n) is 3.55. The van der Waals surface area contributed by atoms with Gasteiger partial charge in [0.2, 0.25) is 0 Å². The second-order valence-electron chi connectivity index (χ2n) is 6.32. The molecular formula is C17H19N3O4. The van der Waals surface area contributed by atoms with Crippen molar-refractivity contribution in [2.75, 3.05) is 18.3 Å². The Morgan fingerprint density at radius 1 is 1.42 bits per heavy atom. The van der Waals surface area contributed by atoms with Gasteiger partial charge in [0.25, 0.3) is 0 Å². The summed E-state index contributed by atoms with van der Waals surface area (Å²) in [4.78, 5) is 23.9. The van der Waals surface area contributed by atoms with E-state index in [2.05, 4.69) is 6.07 Å². The number of carbonyl (C=O) groups is 2. The van der Waals surface area contributed by atoms with Crippen molar-refractivity contribution >= 4 is 17.4 Å². The molecule has 0 radical (unpaired) electrons. The molecule has 1 fully saturated rings. The van der Waals surface area contributed by atoms with Crippen molar-refractivity contribution in [3.8, 4) is 6.07 Å². The van der Waals surface area contributed by atoms with Crippen LogP contribution in [0.3, 0.4) is 0 Å². The third-order valence-electron chi connectivity index (χ3n) is 4.89. The maximum absolute atomic E-state index is 13.0. The Kier molecular flexibility index (Phi) is 4.51. The molecule has 0 aromatic heterocycles. The Morgan fingerprint density at radius 3 is 2.92 bits per heavy atom. The summed E-state index contributed by atoms with van der Waals surface area (Å²) in [5.41, 5.74) is 1.63. The molecule has 0 amide bonds. The maximum atomic E-state index is 13.0. The van der Waals surface area contributed by atoms with Crippen LogP contribution in [0, 0.1) is 23.2 Å². The fourth-order valence-corrected chi connectivity index (χ4v) is 3.55. The number of anilines is 1. The van der Waals surface area contributed by atoms with E-state index in [-0.39, 0.29) is 30.5 Å². The highest BCUT2D eigenvalue weighted by molar-refractivity contribution is 6.00. The van der Waals surface area contributed by atoms with Gasteiger partial charge in [0.15, 0.2) is 5.78 Å². The zero-order valence-corrected chi connectivity index (χ0v) is 13.2. The lowest BCUT2D eigenvalue weighted by molar-refractivity contribution is -0.136. The molecule has 126 valence electrons. The number of nitrogens with zero attached hydrogens (tertiary/aromatic N) is 3. The van der Waals surface area contributed by atoms with E-state index < -0.39 is 5.97 Å². The van der Waals surface area contributed by atoms with E-state index in [0.717, 1.165) is 5.17 Å². The first-order chi connectivity index (χ1) is 11.5. The molecule has 1 aromatic carbocycles. The van der Waals surface area contributed by atoms with Gasteiger partial charge in [0.05, 0.1) is 11.8 Å². The number of carbonyl (C=O) groups excluding carboxylic acids is 1. The molecule has 3 rings (SSSR count). The molecule has 1 aromatic rings. The first kappa shape index (κ1) is 16.4. The Morgan fingerprint density at radius 2 is 2.21 bits per heavy atom. The van der Waals surface area contributed by atoms with Crippen LogP contribution in [0.4, 0.5) is 5.69 Å². The van der Waals surface area contributed by atoms with E-state index in [1.807, 2.05) is 0 Å². The summed E-state index contributed by atoms with van der Waals surface area (Å²) in [5, 5.41) is 31.1. The molecule has 3 unspecified atom stereocenters. The molecule has 4 bridgehead atoms. The number of carboxylic acid groups (broad SMARTS) is 1. The minimum absolute atomic E-state index is 0.0405. The number of benzene rings is 1. The third-order valence-corrected chi connectivity index (χ3v) is 4.89. The number of piperidine rings is 1. The van der Waals surface area contributed by atoms with Crippen LogP contribution in [0.25, 0.3) is 0 Å². The van der Waals surface area contributed by atoms with E-state index in [4.69, 9.17) is 10.4 Å². The highest BCUT2D eigenvalue weighted by Crippen LogP contribution is 2.35. The van der Waals surface area contributed by atoms with Crippen molar-refractivity contribution in [1.82, 2.24) is 5.01 Å². The summed E-state index contributed by atoms with van der Waals surface area (Å²) in [5.74, 6) is -1.39. The first-order valence-corrected chi connectivity index (χ1v) is 8.01. The lowest BCUT2D eigenvalue weighted by Gasteiger charge is -2.42. The summed E-state index contributed by atoms with van der Waals surface area (Å²) in [6.45, 7) is 0.950. The predicted octanol–water partition coefficient (Wildman–Crippen LogP) is 1.86. The quantitative estimate of drug-likeness (QED) is 0.868. The summed E-state index contributed by atoms with van der Waals surface area (Å²) < 4.78 is 0. The fraction of sp³-hybridized carbons (Fsp3) is 0.471. The molecule has 2 N–H and O–H groups in total. The van der Waals surface area contributed by atoms with Gasteiger partial charge in [-0.15, -0.1) is 0 Å². The Bertz CT molecular complexity index is 712. The SMILES string of the molecule is N#CCC1CCN2CC1C(=O)c1cc(ccc1CCC(=O)O)N2O. The number of ketones is 1. The Balaban J connectivity index is 2.00. The van der Waals surface area contributed by atoms with Gasteiger partial charge in [0, 0.05) is 37.4 Å². The zero-order chi connectivity index (χ0) is 17.3. The normalized spacial score (nSPS) is 25.6. The van der Waals surface area contributed by atoms with Crippen molar-refractivity contribution < 1.29 is 19.9 Å². The van der Waals surface area contributed by atoms with Gasteiger partial charge in [-0.1, -0.05) is 6.07 Å². The second-order valence-corrected chi connectivity index (χ2v) is 6.32. The van der Waals surface area contributed by atoms with Crippen LogP contribution in [-0.2, 0) is 11.2 Å². The van der Waals surface area contributed by atoms with Gasteiger partial charge in [-0.3, -0.25) is 14.8 Å². The van der Waals surface area contributed by atoms with Gasteiger partial charge in [-0.2, -0.15) is 15.4 Å². The molecule has 24 heavy (non-hydrogen) atoms. The molecule has 0 saturated carbocycles. The summed E-state index contributed by atoms with van der Waals surface area (Å²) in [6.07, 6.45) is 1.18. The molecule has 2 aliphatic rings. The van der Waals surface area contributed by atoms with Gasteiger partial charge < -0.3 is 5.11 Å². The molecule has 7 nitrogen and oxygen atoms in total. The number of rotatable bonds is 4. The predicted molar refractivity (Wildman–Crippen MR) is 84.4 cm³/mol. The van der Waals surface area contributed by atoms with Crippen LogP contribution in [0.2, 0.25) is 0 Å². The smallest absolute Gasteiger partial charge is 0.303 e. The average Bonchev–Trinajstić information content (AvgIpc) is 2.58. The summed E-state index contributed by atoms with van der Waals surface area (Å²) in [7, 11) is 0. The average molecular weight is 329 g/mol. The van der Waals surface area contributed by atoms with Crippen molar-refractivity contribution in [2.45, 2.75) is 25.7 Å². The molecule has 2 heterocycles. The van der Waals surface area contributed by atoms with E-state index in [9.17, 15) is 14.8 Å². The number of Topliss-reactive ketones (excluding diaryl/α,β-unsaturated/α-hetero) is 1. The highest BCUT2D eigenvalue weighted by Gasteiger charge is 2.39. The number of carboxylic acids is 1. The lowest BCUT2D eigenvalue weighted by Crippen LogP contribution is -2.52. The number of hydrogen-bond acceptors (Lipinski definition) is 6. The Hall–Kier alpha value is -2.43. The summed E-state index contributed by atoms with van der Waals surface area (Å²) in [6, 6.07) is 7.16. The second kappa shape index (κ2) is 6.59. The van der Waals surface area contributed by atoms with Crippen molar-refractivity contribution in [2.24, 2.45) is 11.8 Å². The van der Waals surface area contributed by atoms with E-state index in [1.165, 1.54) is 0 Å². The number of aryl methyl sites for hydroxylation is 1. The van der Waals surface area contributed by atoms with Gasteiger partial charge >= 0.3 is 5.97 Å². The monoisotopic (exact) mass is 329 g/mol. The van der Waals surface area contributed by atoms with E-state index in [0.29, 0.717) is 42.7 Å². The molecule has 0 aliphatic carbocycles. The van der Waals surface area contributed by atoms with Gasteiger partial charge in [0.1, 0.15) is 0 Å². The van der Waals surface area contributed by atoms with Crippen LogP contribution in [0.1, 0.15) is 35.2 Å². The molecule has 1 saturated heterocycles. The topological polar surface area (TPSA) is 105 Å². The van der Waals surface area contributed by atoms with Gasteiger partial charge in [-0.25, -0.2) is 0 Å². The van der Waals surface area contributed by atoms with Gasteiger partial charge in [-0.05, 0) is 36.5 Å². The van der Waals surface area contributed by atoms with Crippen molar-refractivity contribution in [1.29, 1.82) is 5.26 Å². The number of hydrogen-bond donors (Lipinski definition) is 2. The van der Waals surface area contributed by atoms with Crippen molar-refractivity contribution in [3.63, 3.8) is 0 Å². The maximum Gasteiger partial charge on any atom is 0.303 e. The molecule has 2 aliphatic heterocycles. The van der Waals surface area contributed by atoms with E-state index >= 15 is 0 Å². The minimum atomic E-state index is -0.917. The largest absolute Gasteiger partial charge is 0.481 e. The lowest BCUT2D eigenvalue weighted by atomic mass is 9.78. The molecule has 7 heteroatoms. The Labute approximate surface area is 139 Å². The standard InChI is InChI=1S/C17H19N3O4/c18-7-5-12-6-8-19-10-15(12)17(23)14-9-13(20(19)24)3-1-11(14)2-4-16(21)22/h1,3,9,12,15,24H,2,4-6,8,10H2,(H,21,22). The number of aliphatic carboxylic acids is 1. The van der Waals surface area contributed by atoms with Crippen LogP contribution in [0.15, 0.2) is 18.2 Å². The number of hydrazine groups is 1. The van der Waals surface area contributed by atoms with Crippen LogP contribution in [0.5, 0.6) is 0 Å². The minimum Gasteiger partial charge on any atom is -0.481 e. The molecular weight excluding hydrogens is 310 g/mol. The first-order valence-electron chi connectivity index (χ1n) is 8.01. The third kappa shape index (κ3) is 2.98. The van der Waals surface area contributed by atoms with Crippen LogP contribution >= 0.6 is 0 Å². The van der Waals surface area contributed by atoms with Crippen LogP contribution in [-0.4, -0.2) is 40.2 Å². The summed E-state index contributed by atoms with van der Waals surface area (Å²) >= 11 is 0.